The Labute approximate surface area is 164 Å². The van der Waals surface area contributed by atoms with Crippen LogP contribution >= 0.6 is 0 Å². The van der Waals surface area contributed by atoms with Gasteiger partial charge in [0.25, 0.3) is 5.91 Å². The molecule has 0 aliphatic heterocycles. The molecule has 1 N–H and O–H groups in total. The molecule has 2 aromatic carbocycles. The van der Waals surface area contributed by atoms with Crippen LogP contribution in [-0.4, -0.2) is 17.7 Å². The van der Waals surface area contributed by atoms with E-state index in [1.807, 2.05) is 0 Å². The second-order valence-corrected chi connectivity index (χ2v) is 6.14. The Morgan fingerprint density at radius 2 is 1.90 bits per heavy atom. The van der Waals surface area contributed by atoms with Gasteiger partial charge in [0.05, 0.1) is 11.3 Å². The largest absolute Gasteiger partial charge is 0.489 e. The zero-order valence-corrected chi connectivity index (χ0v) is 15.5. The molecule has 1 amide bonds. The van der Waals surface area contributed by atoms with E-state index >= 15 is 0 Å². The maximum absolute atomic E-state index is 13.0. The van der Waals surface area contributed by atoms with Gasteiger partial charge in [0, 0.05) is 0 Å². The third kappa shape index (κ3) is 5.07. The Kier molecular flexibility index (Phi) is 6.06. The summed E-state index contributed by atoms with van der Waals surface area (Å²) in [5, 5.41) is 6.22. The molecule has 0 unspecified atom stereocenters. The van der Waals surface area contributed by atoms with Crippen LogP contribution in [0, 0.1) is 19.7 Å². The van der Waals surface area contributed by atoms with Crippen LogP contribution in [0.15, 0.2) is 47.0 Å². The van der Waals surface area contributed by atoms with Crippen LogP contribution in [0.5, 0.6) is 11.5 Å². The zero-order chi connectivity index (χ0) is 21.0. The minimum atomic E-state index is -3.04. The highest BCUT2D eigenvalue weighted by atomic mass is 19.3. The maximum atomic E-state index is 13.0. The minimum absolute atomic E-state index is 0.0575. The summed E-state index contributed by atoms with van der Waals surface area (Å²) in [5.41, 5.74) is 1.06. The quantitative estimate of drug-likeness (QED) is 0.606. The van der Waals surface area contributed by atoms with Crippen LogP contribution in [0.4, 0.5) is 18.9 Å². The number of aromatic nitrogens is 1. The predicted octanol–water partition coefficient (Wildman–Crippen LogP) is 4.86. The summed E-state index contributed by atoms with van der Waals surface area (Å²) in [4.78, 5) is 12.6. The second kappa shape index (κ2) is 8.68. The van der Waals surface area contributed by atoms with E-state index in [2.05, 4.69) is 15.2 Å². The van der Waals surface area contributed by atoms with E-state index in [1.165, 1.54) is 36.4 Å². The molecule has 1 aromatic heterocycles. The Morgan fingerprint density at radius 3 is 2.59 bits per heavy atom. The minimum Gasteiger partial charge on any atom is -0.489 e. The first-order chi connectivity index (χ1) is 13.8. The highest BCUT2D eigenvalue weighted by Crippen LogP contribution is 2.28. The van der Waals surface area contributed by atoms with Gasteiger partial charge in [-0.1, -0.05) is 11.2 Å². The van der Waals surface area contributed by atoms with Crippen LogP contribution in [0.2, 0.25) is 0 Å². The lowest BCUT2D eigenvalue weighted by atomic mass is 10.1. The molecule has 29 heavy (non-hydrogen) atoms. The number of rotatable bonds is 7. The van der Waals surface area contributed by atoms with Crippen molar-refractivity contribution in [3.05, 3.63) is 70.9 Å². The van der Waals surface area contributed by atoms with E-state index in [-0.39, 0.29) is 23.7 Å². The van der Waals surface area contributed by atoms with Gasteiger partial charge in [-0.3, -0.25) is 4.79 Å². The van der Waals surface area contributed by atoms with Gasteiger partial charge in [0.1, 0.15) is 29.7 Å². The number of amides is 1. The first kappa shape index (κ1) is 20.2. The molecule has 0 saturated carbocycles. The molecule has 152 valence electrons. The van der Waals surface area contributed by atoms with Crippen molar-refractivity contribution in [1.82, 2.24) is 5.16 Å². The van der Waals surface area contributed by atoms with Crippen LogP contribution in [0.1, 0.15) is 27.4 Å². The van der Waals surface area contributed by atoms with E-state index < -0.39 is 18.3 Å². The number of hydrogen-bond donors (Lipinski definition) is 1. The molecule has 0 fully saturated rings. The molecule has 0 bridgehead atoms. The van der Waals surface area contributed by atoms with Gasteiger partial charge >= 0.3 is 6.61 Å². The monoisotopic (exact) mass is 406 g/mol. The van der Waals surface area contributed by atoms with Crippen LogP contribution in [-0.2, 0) is 6.61 Å². The number of carbonyl (C=O) groups is 1. The van der Waals surface area contributed by atoms with Crippen molar-refractivity contribution in [1.29, 1.82) is 0 Å². The molecule has 1 heterocycles. The molecule has 3 aromatic rings. The summed E-state index contributed by atoms with van der Waals surface area (Å²) in [6, 6.07) is 9.84. The summed E-state index contributed by atoms with van der Waals surface area (Å²) < 4.78 is 53.4. The second-order valence-electron chi connectivity index (χ2n) is 6.14. The Balaban J connectivity index is 1.78. The number of hydrogen-bond acceptors (Lipinski definition) is 5. The Morgan fingerprint density at radius 1 is 1.17 bits per heavy atom. The van der Waals surface area contributed by atoms with Crippen molar-refractivity contribution >= 4 is 11.6 Å². The van der Waals surface area contributed by atoms with E-state index in [0.29, 0.717) is 22.6 Å². The molecule has 0 saturated heterocycles. The summed E-state index contributed by atoms with van der Waals surface area (Å²) in [6.45, 7) is 0.208. The molecular formula is C20H17F3N2O4. The summed E-state index contributed by atoms with van der Waals surface area (Å²) in [5.74, 6) is -0.506. The van der Waals surface area contributed by atoms with E-state index in [1.54, 1.807) is 19.9 Å². The fourth-order valence-corrected chi connectivity index (χ4v) is 2.53. The predicted molar refractivity (Wildman–Crippen MR) is 97.7 cm³/mol. The third-order valence-electron chi connectivity index (χ3n) is 4.00. The zero-order valence-electron chi connectivity index (χ0n) is 15.5. The molecule has 3 rings (SSSR count). The van der Waals surface area contributed by atoms with E-state index in [0.717, 1.165) is 0 Å². The lowest BCUT2D eigenvalue weighted by Crippen LogP contribution is -2.16. The van der Waals surface area contributed by atoms with Crippen molar-refractivity contribution < 1.29 is 32.0 Å². The summed E-state index contributed by atoms with van der Waals surface area (Å²) in [6.07, 6.45) is 0. The van der Waals surface area contributed by atoms with E-state index in [9.17, 15) is 18.0 Å². The standard InChI is InChI=1S/C20H17F3N2O4/c1-11-3-8-16(17(9-11)28-20(22)23)24-19(26)18-15(12(2)29-25-18)10-27-14-6-4-13(21)5-7-14/h3-9,20H,10H2,1-2H3,(H,24,26). The van der Waals surface area contributed by atoms with Gasteiger partial charge in [-0.15, -0.1) is 0 Å². The number of halogens is 3. The van der Waals surface area contributed by atoms with Crippen molar-refractivity contribution in [2.75, 3.05) is 5.32 Å². The SMILES string of the molecule is Cc1ccc(NC(=O)c2noc(C)c2COc2ccc(F)cc2)c(OC(F)F)c1. The fourth-order valence-electron chi connectivity index (χ4n) is 2.53. The Bertz CT molecular complexity index is 1000. The van der Waals surface area contributed by atoms with Gasteiger partial charge in [0.2, 0.25) is 0 Å². The number of benzene rings is 2. The molecular weight excluding hydrogens is 389 g/mol. The average molecular weight is 406 g/mol. The summed E-state index contributed by atoms with van der Waals surface area (Å²) >= 11 is 0. The number of carbonyl (C=O) groups excluding carboxylic acids is 1. The highest BCUT2D eigenvalue weighted by Gasteiger charge is 2.22. The van der Waals surface area contributed by atoms with E-state index in [4.69, 9.17) is 9.26 Å². The van der Waals surface area contributed by atoms with Crippen molar-refractivity contribution in [3.63, 3.8) is 0 Å². The Hall–Kier alpha value is -3.49. The maximum Gasteiger partial charge on any atom is 0.387 e. The number of alkyl halides is 2. The van der Waals surface area contributed by atoms with Crippen molar-refractivity contribution in [2.45, 2.75) is 27.1 Å². The molecule has 0 aliphatic rings. The molecule has 6 nitrogen and oxygen atoms in total. The number of nitrogens with zero attached hydrogens (tertiary/aromatic N) is 1. The van der Waals surface area contributed by atoms with Crippen molar-refractivity contribution in [2.24, 2.45) is 0 Å². The van der Waals surface area contributed by atoms with Crippen molar-refractivity contribution in [3.8, 4) is 11.5 Å². The van der Waals surface area contributed by atoms with Crippen LogP contribution in [0.3, 0.4) is 0 Å². The lowest BCUT2D eigenvalue weighted by Gasteiger charge is -2.12. The van der Waals surface area contributed by atoms with Gasteiger partial charge < -0.3 is 19.3 Å². The first-order valence-corrected chi connectivity index (χ1v) is 8.54. The highest BCUT2D eigenvalue weighted by molar-refractivity contribution is 6.04. The van der Waals surface area contributed by atoms with Gasteiger partial charge in [0.15, 0.2) is 5.69 Å². The van der Waals surface area contributed by atoms with Gasteiger partial charge in [-0.05, 0) is 55.8 Å². The summed E-state index contributed by atoms with van der Waals surface area (Å²) in [7, 11) is 0. The normalized spacial score (nSPS) is 10.8. The van der Waals surface area contributed by atoms with Gasteiger partial charge in [-0.25, -0.2) is 4.39 Å². The molecule has 0 spiro atoms. The average Bonchev–Trinajstić information content (AvgIpc) is 3.03. The molecule has 9 heteroatoms. The van der Waals surface area contributed by atoms with Crippen LogP contribution in [0.25, 0.3) is 0 Å². The number of anilines is 1. The van der Waals surface area contributed by atoms with Gasteiger partial charge in [-0.2, -0.15) is 8.78 Å². The number of nitrogens with one attached hydrogen (secondary N) is 1. The lowest BCUT2D eigenvalue weighted by molar-refractivity contribution is -0.0494. The number of aryl methyl sites for hydroxylation is 2. The molecule has 0 atom stereocenters. The number of ether oxygens (including phenoxy) is 2. The van der Waals surface area contributed by atoms with Crippen LogP contribution < -0.4 is 14.8 Å². The molecule has 0 radical (unpaired) electrons. The fraction of sp³-hybridized carbons (Fsp3) is 0.200. The molecule has 0 aliphatic carbocycles. The smallest absolute Gasteiger partial charge is 0.387 e. The third-order valence-corrected chi connectivity index (χ3v) is 4.00. The topological polar surface area (TPSA) is 73.6 Å². The first-order valence-electron chi connectivity index (χ1n) is 8.54.